The van der Waals surface area contributed by atoms with E-state index in [0.717, 1.165) is 51.9 Å². The maximum atomic E-state index is 12.9. The number of H-pyrrole nitrogens is 1. The van der Waals surface area contributed by atoms with Gasteiger partial charge in [-0.25, -0.2) is 22.7 Å². The second-order valence-electron chi connectivity index (χ2n) is 12.5. The van der Waals surface area contributed by atoms with Gasteiger partial charge in [0.15, 0.2) is 0 Å². The maximum absolute atomic E-state index is 12.9. The lowest BCUT2D eigenvalue weighted by Gasteiger charge is -2.36. The largest absolute Gasteiger partial charge is 0.490 e. The number of sulfonamides is 1. The molecule has 4 heterocycles. The van der Waals surface area contributed by atoms with E-state index in [4.69, 9.17) is 16.3 Å². The first-order valence-electron chi connectivity index (χ1n) is 14.7. The summed E-state index contributed by atoms with van der Waals surface area (Å²) in [5, 5.41) is 1.89. The Morgan fingerprint density at radius 1 is 1.02 bits per heavy atom. The molecule has 0 amide bonds. The number of nitrogens with zero attached hydrogens (tertiary/aromatic N) is 4. The van der Waals surface area contributed by atoms with Crippen LogP contribution in [0.2, 0.25) is 30.7 Å². The van der Waals surface area contributed by atoms with Crippen LogP contribution >= 0.6 is 11.6 Å². The van der Waals surface area contributed by atoms with E-state index in [-0.39, 0.29) is 17.9 Å². The van der Waals surface area contributed by atoms with Crippen LogP contribution in [0.15, 0.2) is 60.9 Å². The number of fused-ring (bicyclic) bond motifs is 3. The molecular formula is C31H38ClN5O3SSi. The quantitative estimate of drug-likeness (QED) is 0.233. The fourth-order valence-electron chi connectivity index (χ4n) is 5.98. The van der Waals surface area contributed by atoms with E-state index in [9.17, 15) is 8.42 Å². The van der Waals surface area contributed by atoms with Crippen LogP contribution in [0.4, 0.5) is 5.95 Å². The summed E-state index contributed by atoms with van der Waals surface area (Å²) in [5.74, 6) is 1.74. The second kappa shape index (κ2) is 11.6. The molecule has 1 N–H and O–H groups in total. The smallest absolute Gasteiger partial charge is 0.226 e. The van der Waals surface area contributed by atoms with E-state index in [0.29, 0.717) is 31.9 Å². The lowest BCUT2D eigenvalue weighted by Crippen LogP contribution is -2.43. The summed E-state index contributed by atoms with van der Waals surface area (Å²) < 4.78 is 33.7. The van der Waals surface area contributed by atoms with E-state index in [1.165, 1.54) is 5.56 Å². The van der Waals surface area contributed by atoms with Crippen molar-refractivity contribution in [3.8, 4) is 5.75 Å². The fraction of sp³-hybridized carbons (Fsp3) is 0.419. The number of aromatic amines is 1. The summed E-state index contributed by atoms with van der Waals surface area (Å²) >= 11 is 6.36. The molecule has 0 bridgehead atoms. The van der Waals surface area contributed by atoms with Crippen LogP contribution in [0.1, 0.15) is 35.7 Å². The highest BCUT2D eigenvalue weighted by Gasteiger charge is 2.34. The topological polar surface area (TPSA) is 91.4 Å². The number of aromatic nitrogens is 3. The van der Waals surface area contributed by atoms with Crippen molar-refractivity contribution in [3.05, 3.63) is 82.8 Å². The van der Waals surface area contributed by atoms with E-state index in [2.05, 4.69) is 51.6 Å². The number of hydrogen-bond donors (Lipinski definition) is 1. The molecule has 0 spiro atoms. The van der Waals surface area contributed by atoms with Crippen LogP contribution in [-0.4, -0.2) is 67.2 Å². The zero-order valence-corrected chi connectivity index (χ0v) is 27.0. The molecule has 0 radical (unpaired) electrons. The van der Waals surface area contributed by atoms with Crippen molar-refractivity contribution in [2.75, 3.05) is 30.3 Å². The number of piperidine rings is 1. The van der Waals surface area contributed by atoms with E-state index in [1.807, 2.05) is 36.4 Å². The molecule has 2 aliphatic heterocycles. The second-order valence-corrected chi connectivity index (χ2v) is 20.7. The number of anilines is 1. The number of hydrogen-bond acceptors (Lipinski definition) is 6. The van der Waals surface area contributed by atoms with Crippen LogP contribution in [0.25, 0.3) is 10.9 Å². The fourth-order valence-corrected chi connectivity index (χ4v) is 10.7. The zero-order chi connectivity index (χ0) is 29.5. The van der Waals surface area contributed by atoms with Crippen LogP contribution in [0.3, 0.4) is 0 Å². The van der Waals surface area contributed by atoms with Crippen molar-refractivity contribution in [1.82, 2.24) is 19.3 Å². The Hall–Kier alpha value is -2.92. The molecule has 4 aromatic rings. The number of nitrogens with one attached hydrogen (secondary N) is 1. The van der Waals surface area contributed by atoms with Gasteiger partial charge in [-0.3, -0.25) is 0 Å². The predicted molar refractivity (Wildman–Crippen MR) is 172 cm³/mol. The third kappa shape index (κ3) is 6.22. The molecule has 2 aliphatic rings. The Labute approximate surface area is 254 Å². The number of halogens is 1. The van der Waals surface area contributed by atoms with Crippen molar-refractivity contribution in [1.29, 1.82) is 0 Å². The Morgan fingerprint density at radius 2 is 1.74 bits per heavy atom. The van der Waals surface area contributed by atoms with Crippen molar-refractivity contribution in [2.24, 2.45) is 0 Å². The van der Waals surface area contributed by atoms with E-state index >= 15 is 0 Å². The van der Waals surface area contributed by atoms with Gasteiger partial charge in [-0.2, -0.15) is 0 Å². The molecule has 1 atom stereocenters. The molecule has 1 saturated heterocycles. The first-order valence-corrected chi connectivity index (χ1v) is 20.3. The van der Waals surface area contributed by atoms with Crippen molar-refractivity contribution in [2.45, 2.75) is 57.1 Å². The minimum Gasteiger partial charge on any atom is -0.490 e. The average Bonchev–Trinajstić information content (AvgIpc) is 3.34. The van der Waals surface area contributed by atoms with Gasteiger partial charge in [0.05, 0.1) is 11.8 Å². The Kier molecular flexibility index (Phi) is 8.08. The zero-order valence-electron chi connectivity index (χ0n) is 24.4. The Balaban J connectivity index is 1.19. The molecule has 11 heteroatoms. The Morgan fingerprint density at radius 3 is 2.43 bits per heavy atom. The van der Waals surface area contributed by atoms with E-state index in [1.54, 1.807) is 16.7 Å². The molecule has 42 heavy (non-hydrogen) atoms. The molecule has 1 fully saturated rings. The number of rotatable bonds is 8. The first kappa shape index (κ1) is 29.2. The maximum Gasteiger partial charge on any atom is 0.226 e. The highest BCUT2D eigenvalue weighted by Crippen LogP contribution is 2.40. The van der Waals surface area contributed by atoms with Crippen LogP contribution < -0.4 is 9.64 Å². The van der Waals surface area contributed by atoms with Crippen LogP contribution in [-0.2, 0) is 16.4 Å². The highest BCUT2D eigenvalue weighted by atomic mass is 35.5. The normalized spacial score (nSPS) is 18.8. The molecule has 1 unspecified atom stereocenters. The molecule has 6 rings (SSSR count). The van der Waals surface area contributed by atoms with Gasteiger partial charge in [0.1, 0.15) is 11.9 Å². The minimum absolute atomic E-state index is 0.00625. The van der Waals surface area contributed by atoms with Crippen LogP contribution in [0, 0.1) is 0 Å². The molecule has 8 nitrogen and oxygen atoms in total. The van der Waals surface area contributed by atoms with E-state index < -0.39 is 18.1 Å². The molecule has 2 aromatic heterocycles. The van der Waals surface area contributed by atoms with Crippen LogP contribution in [0.5, 0.6) is 5.75 Å². The van der Waals surface area contributed by atoms with Gasteiger partial charge in [0, 0.05) is 61.7 Å². The lowest BCUT2D eigenvalue weighted by molar-refractivity contribution is 0.135. The van der Waals surface area contributed by atoms with Gasteiger partial charge in [0.25, 0.3) is 0 Å². The van der Waals surface area contributed by atoms with Crippen molar-refractivity contribution >= 4 is 46.5 Å². The van der Waals surface area contributed by atoms with Gasteiger partial charge >= 0.3 is 0 Å². The van der Waals surface area contributed by atoms with Crippen molar-refractivity contribution in [3.63, 3.8) is 0 Å². The SMILES string of the molecule is C[Si](C)(C)CCS(=O)(=O)N1CCC(Oc2ccc(C3c4[nH]c5ccc(Cl)cc5c4CCN3c3ncccn3)cc2)CC1. The molecular weight excluding hydrogens is 586 g/mol. The monoisotopic (exact) mass is 623 g/mol. The van der Waals surface area contributed by atoms with Gasteiger partial charge in [0.2, 0.25) is 16.0 Å². The summed E-state index contributed by atoms with van der Waals surface area (Å²) in [6.45, 7) is 8.44. The third-order valence-corrected chi connectivity index (χ3v) is 12.5. The van der Waals surface area contributed by atoms with Gasteiger partial charge < -0.3 is 14.6 Å². The van der Waals surface area contributed by atoms with Gasteiger partial charge in [-0.1, -0.05) is 43.4 Å². The minimum atomic E-state index is -3.21. The summed E-state index contributed by atoms with van der Waals surface area (Å²) in [7, 11) is -4.62. The van der Waals surface area contributed by atoms with Gasteiger partial charge in [-0.15, -0.1) is 0 Å². The summed E-state index contributed by atoms with van der Waals surface area (Å²) in [6, 6.07) is 16.8. The summed E-state index contributed by atoms with van der Waals surface area (Å²) in [6.07, 6.45) is 5.79. The number of benzene rings is 2. The number of ether oxygens (including phenoxy) is 1. The molecule has 222 valence electrons. The standard InChI is InChI=1S/C31H38ClN5O3SSi/c1-42(2,3)20-19-41(38,39)36-16-11-25(12-17-36)40-24-8-5-22(6-9-24)30-29-26(27-21-23(32)7-10-28(27)35-29)13-18-37(30)31-33-14-4-15-34-31/h4-10,14-15,21,25,30,35H,11-13,16-20H2,1-3H3. The molecule has 0 aliphatic carbocycles. The van der Waals surface area contributed by atoms with Crippen molar-refractivity contribution < 1.29 is 13.2 Å². The Bertz CT molecular complexity index is 1650. The highest BCUT2D eigenvalue weighted by molar-refractivity contribution is 7.89. The summed E-state index contributed by atoms with van der Waals surface area (Å²) in [4.78, 5) is 15.1. The third-order valence-electron chi connectivity index (χ3n) is 8.30. The predicted octanol–water partition coefficient (Wildman–Crippen LogP) is 6.27. The first-order chi connectivity index (χ1) is 20.1. The van der Waals surface area contributed by atoms with Gasteiger partial charge in [-0.05, 0) is 72.8 Å². The average molecular weight is 624 g/mol. The molecule has 0 saturated carbocycles. The lowest BCUT2D eigenvalue weighted by atomic mass is 9.92. The summed E-state index contributed by atoms with van der Waals surface area (Å²) in [5.41, 5.74) is 4.58. The molecule has 2 aromatic carbocycles.